The van der Waals surface area contributed by atoms with Crippen molar-refractivity contribution in [2.75, 3.05) is 32.6 Å². The standard InChI is InChI=1S/C24H27N5O3/c1-31-20-7-3-16(4-8-20)12-28-13-17-11-22-26-27-23(29(22)15-18(17)14-28)24(30)25-19-5-9-21(32-2)10-6-19/h3-10,17-18H,11-15H2,1-2H3,(H,25,30)/t17-,18+/m1/s1. The van der Waals surface area contributed by atoms with Crippen molar-refractivity contribution < 1.29 is 14.3 Å². The number of anilines is 1. The van der Waals surface area contributed by atoms with E-state index in [1.165, 1.54) is 5.56 Å². The Labute approximate surface area is 187 Å². The molecule has 0 aliphatic carbocycles. The fourth-order valence-corrected chi connectivity index (χ4v) is 4.77. The molecule has 0 spiro atoms. The number of hydrogen-bond donors (Lipinski definition) is 1. The molecule has 1 N–H and O–H groups in total. The van der Waals surface area contributed by atoms with E-state index < -0.39 is 0 Å². The maximum Gasteiger partial charge on any atom is 0.293 e. The molecule has 8 heteroatoms. The number of likely N-dealkylation sites (tertiary alicyclic amines) is 1. The summed E-state index contributed by atoms with van der Waals surface area (Å²) >= 11 is 0. The largest absolute Gasteiger partial charge is 0.497 e. The van der Waals surface area contributed by atoms with Gasteiger partial charge in [-0.15, -0.1) is 10.2 Å². The topological polar surface area (TPSA) is 81.5 Å². The zero-order chi connectivity index (χ0) is 22.1. The van der Waals surface area contributed by atoms with Gasteiger partial charge in [-0.25, -0.2) is 0 Å². The number of ether oxygens (including phenoxy) is 2. The molecular formula is C24H27N5O3. The average Bonchev–Trinajstić information content (AvgIpc) is 3.41. The van der Waals surface area contributed by atoms with E-state index in [0.717, 1.165) is 49.9 Å². The first-order chi connectivity index (χ1) is 15.6. The minimum atomic E-state index is -0.236. The van der Waals surface area contributed by atoms with Gasteiger partial charge in [0.1, 0.15) is 17.3 Å². The van der Waals surface area contributed by atoms with Gasteiger partial charge in [0.25, 0.3) is 5.91 Å². The first kappa shape index (κ1) is 20.5. The van der Waals surface area contributed by atoms with Crippen molar-refractivity contribution in [1.29, 1.82) is 0 Å². The van der Waals surface area contributed by atoms with Crippen LogP contribution in [0.3, 0.4) is 0 Å². The average molecular weight is 434 g/mol. The van der Waals surface area contributed by atoms with E-state index in [1.54, 1.807) is 14.2 Å². The van der Waals surface area contributed by atoms with Crippen LogP contribution in [0.25, 0.3) is 0 Å². The number of amides is 1. The summed E-state index contributed by atoms with van der Waals surface area (Å²) in [4.78, 5) is 15.4. The second-order valence-electron chi connectivity index (χ2n) is 8.50. The van der Waals surface area contributed by atoms with Crippen LogP contribution in [0.1, 0.15) is 22.0 Å². The maximum atomic E-state index is 12.9. The maximum absolute atomic E-state index is 12.9. The van der Waals surface area contributed by atoms with Gasteiger partial charge in [0.15, 0.2) is 0 Å². The van der Waals surface area contributed by atoms with Crippen LogP contribution in [-0.2, 0) is 19.5 Å². The van der Waals surface area contributed by atoms with E-state index in [1.807, 2.05) is 41.0 Å². The predicted octanol–water partition coefficient (Wildman–Crippen LogP) is 2.85. The number of rotatable bonds is 6. The lowest BCUT2D eigenvalue weighted by Gasteiger charge is -2.25. The summed E-state index contributed by atoms with van der Waals surface area (Å²) in [5.41, 5.74) is 1.98. The zero-order valence-electron chi connectivity index (χ0n) is 18.3. The number of nitrogens with one attached hydrogen (secondary N) is 1. The molecule has 1 amide bonds. The van der Waals surface area contributed by atoms with Crippen molar-refractivity contribution in [3.8, 4) is 11.5 Å². The summed E-state index contributed by atoms with van der Waals surface area (Å²) in [6, 6.07) is 15.5. The van der Waals surface area contributed by atoms with Crippen LogP contribution in [0, 0.1) is 11.8 Å². The second kappa shape index (κ2) is 8.63. The molecule has 5 rings (SSSR count). The van der Waals surface area contributed by atoms with Crippen molar-refractivity contribution in [1.82, 2.24) is 19.7 Å². The third-order valence-electron chi connectivity index (χ3n) is 6.46. The molecule has 0 bridgehead atoms. The molecule has 2 atom stereocenters. The van der Waals surface area contributed by atoms with Crippen LogP contribution < -0.4 is 14.8 Å². The smallest absolute Gasteiger partial charge is 0.293 e. The first-order valence-corrected chi connectivity index (χ1v) is 10.9. The SMILES string of the molecule is COc1ccc(CN2C[C@H]3Cc4nnc(C(=O)Nc5ccc(OC)cc5)n4C[C@@H]3C2)cc1. The van der Waals surface area contributed by atoms with Crippen molar-refractivity contribution in [2.45, 2.75) is 19.5 Å². The minimum Gasteiger partial charge on any atom is -0.497 e. The highest BCUT2D eigenvalue weighted by Gasteiger charge is 2.39. The molecule has 3 heterocycles. The van der Waals surface area contributed by atoms with Crippen LogP contribution in [0.5, 0.6) is 11.5 Å². The third kappa shape index (κ3) is 4.05. The number of aromatic nitrogens is 3. The summed E-state index contributed by atoms with van der Waals surface area (Å²) < 4.78 is 12.4. The molecule has 0 unspecified atom stereocenters. The third-order valence-corrected chi connectivity index (χ3v) is 6.46. The first-order valence-electron chi connectivity index (χ1n) is 10.9. The summed E-state index contributed by atoms with van der Waals surface area (Å²) in [7, 11) is 3.30. The highest BCUT2D eigenvalue weighted by Crippen LogP contribution is 2.33. The number of methoxy groups -OCH3 is 2. The Morgan fingerprint density at radius 2 is 1.59 bits per heavy atom. The molecule has 1 aromatic heterocycles. The van der Waals surface area contributed by atoms with E-state index >= 15 is 0 Å². The van der Waals surface area contributed by atoms with E-state index in [4.69, 9.17) is 9.47 Å². The Hall–Kier alpha value is -3.39. The molecule has 0 radical (unpaired) electrons. The number of carbonyl (C=O) groups is 1. The molecule has 0 saturated carbocycles. The van der Waals surface area contributed by atoms with Gasteiger partial charge in [-0.05, 0) is 53.8 Å². The fraction of sp³-hybridized carbons (Fsp3) is 0.375. The van der Waals surface area contributed by atoms with Gasteiger partial charge in [0.2, 0.25) is 5.82 Å². The molecule has 1 saturated heterocycles. The van der Waals surface area contributed by atoms with Gasteiger partial charge in [-0.3, -0.25) is 9.69 Å². The van der Waals surface area contributed by atoms with Gasteiger partial charge in [0, 0.05) is 38.3 Å². The lowest BCUT2D eigenvalue weighted by atomic mass is 9.89. The van der Waals surface area contributed by atoms with Crippen molar-refractivity contribution >= 4 is 11.6 Å². The normalized spacial score (nSPS) is 19.8. The molecule has 1 fully saturated rings. The van der Waals surface area contributed by atoms with Gasteiger partial charge in [-0.1, -0.05) is 12.1 Å². The molecule has 8 nitrogen and oxygen atoms in total. The number of benzene rings is 2. The second-order valence-corrected chi connectivity index (χ2v) is 8.50. The fourth-order valence-electron chi connectivity index (χ4n) is 4.77. The molecule has 2 aliphatic rings. The molecule has 32 heavy (non-hydrogen) atoms. The zero-order valence-corrected chi connectivity index (χ0v) is 18.3. The van der Waals surface area contributed by atoms with E-state index in [-0.39, 0.29) is 5.91 Å². The van der Waals surface area contributed by atoms with Gasteiger partial charge in [0.05, 0.1) is 14.2 Å². The van der Waals surface area contributed by atoms with Gasteiger partial charge < -0.3 is 19.4 Å². The van der Waals surface area contributed by atoms with Gasteiger partial charge in [-0.2, -0.15) is 0 Å². The van der Waals surface area contributed by atoms with Gasteiger partial charge >= 0.3 is 0 Å². The van der Waals surface area contributed by atoms with Crippen LogP contribution in [0.2, 0.25) is 0 Å². The Bertz CT molecular complexity index is 1090. The molecule has 2 aromatic carbocycles. The molecule has 2 aliphatic heterocycles. The summed E-state index contributed by atoms with van der Waals surface area (Å²) in [5, 5.41) is 11.5. The van der Waals surface area contributed by atoms with Crippen molar-refractivity contribution in [3.05, 3.63) is 65.7 Å². The lowest BCUT2D eigenvalue weighted by molar-refractivity contribution is 0.100. The lowest BCUT2D eigenvalue weighted by Crippen LogP contribution is -2.31. The van der Waals surface area contributed by atoms with E-state index in [9.17, 15) is 4.79 Å². The summed E-state index contributed by atoms with van der Waals surface area (Å²) in [6.07, 6.45) is 0.854. The highest BCUT2D eigenvalue weighted by atomic mass is 16.5. The van der Waals surface area contributed by atoms with Crippen LogP contribution in [0.15, 0.2) is 48.5 Å². The molecular weight excluding hydrogens is 406 g/mol. The summed E-state index contributed by atoms with van der Waals surface area (Å²) in [5.74, 6) is 3.70. The number of nitrogens with zero attached hydrogens (tertiary/aromatic N) is 4. The Morgan fingerprint density at radius 1 is 0.938 bits per heavy atom. The van der Waals surface area contributed by atoms with Crippen molar-refractivity contribution in [2.24, 2.45) is 11.8 Å². The molecule has 166 valence electrons. The van der Waals surface area contributed by atoms with Crippen LogP contribution >= 0.6 is 0 Å². The van der Waals surface area contributed by atoms with E-state index in [0.29, 0.717) is 23.3 Å². The monoisotopic (exact) mass is 433 g/mol. The van der Waals surface area contributed by atoms with Crippen molar-refractivity contribution in [3.63, 3.8) is 0 Å². The Balaban J connectivity index is 1.24. The molecule has 3 aromatic rings. The number of fused-ring (bicyclic) bond motifs is 2. The quantitative estimate of drug-likeness (QED) is 0.644. The Morgan fingerprint density at radius 3 is 2.28 bits per heavy atom. The Kier molecular flexibility index (Phi) is 5.53. The predicted molar refractivity (Wildman–Crippen MR) is 120 cm³/mol. The van der Waals surface area contributed by atoms with E-state index in [2.05, 4.69) is 32.5 Å². The van der Waals surface area contributed by atoms with Crippen LogP contribution in [0.4, 0.5) is 5.69 Å². The number of carbonyl (C=O) groups excluding carboxylic acids is 1. The highest BCUT2D eigenvalue weighted by molar-refractivity contribution is 6.01. The summed E-state index contributed by atoms with van der Waals surface area (Å²) in [6.45, 7) is 3.74. The van der Waals surface area contributed by atoms with Crippen LogP contribution in [-0.4, -0.2) is 52.9 Å². The minimum absolute atomic E-state index is 0.236. The number of hydrogen-bond acceptors (Lipinski definition) is 6.